The van der Waals surface area contributed by atoms with E-state index in [0.717, 1.165) is 31.7 Å². The number of nitrogens with zero attached hydrogens (tertiary/aromatic N) is 6. The Kier molecular flexibility index (Phi) is 8.22. The van der Waals surface area contributed by atoms with E-state index in [0.29, 0.717) is 54.8 Å². The largest absolute Gasteiger partial charge is 0.379 e. The molecule has 2 saturated heterocycles. The lowest BCUT2D eigenvalue weighted by Crippen LogP contribution is -2.62. The standard InChI is InChI=1S/C31H40F3N7O2/c1-19-14-39(24(13-35-19)15-38-9-10-43-17-20(38)2)16-26(42)40-18-31(3,4)27-25(40)12-22(11-21-5-7-23(32)8-6-21)29-36-37-30(28(33)34)41(27)29/h5-8,12,19-20,24,28,35H,9-11,13-18H2,1-4H3/t19-,20-,24-/m1/s1. The third-order valence-corrected chi connectivity index (χ3v) is 9.06. The van der Waals surface area contributed by atoms with Crippen LogP contribution in [-0.4, -0.2) is 101 Å². The van der Waals surface area contributed by atoms with E-state index in [1.165, 1.54) is 16.5 Å². The van der Waals surface area contributed by atoms with Gasteiger partial charge < -0.3 is 15.0 Å². The summed E-state index contributed by atoms with van der Waals surface area (Å²) < 4.78 is 49.2. The molecule has 232 valence electrons. The minimum Gasteiger partial charge on any atom is -0.379 e. The molecule has 2 fully saturated rings. The van der Waals surface area contributed by atoms with Crippen LogP contribution in [0.1, 0.15) is 56.8 Å². The van der Waals surface area contributed by atoms with Crippen LogP contribution in [-0.2, 0) is 21.4 Å². The van der Waals surface area contributed by atoms with Gasteiger partial charge in [-0.3, -0.25) is 19.0 Å². The van der Waals surface area contributed by atoms with Crippen molar-refractivity contribution in [1.29, 1.82) is 0 Å². The Morgan fingerprint density at radius 3 is 2.65 bits per heavy atom. The van der Waals surface area contributed by atoms with Gasteiger partial charge >= 0.3 is 0 Å². The summed E-state index contributed by atoms with van der Waals surface area (Å²) in [6.45, 7) is 13.4. The number of fused-ring (bicyclic) bond motifs is 3. The fourth-order valence-corrected chi connectivity index (χ4v) is 6.83. The van der Waals surface area contributed by atoms with Gasteiger partial charge in [0.1, 0.15) is 5.82 Å². The van der Waals surface area contributed by atoms with Crippen molar-refractivity contribution in [3.63, 3.8) is 0 Å². The molecule has 3 aliphatic rings. The van der Waals surface area contributed by atoms with Crippen molar-refractivity contribution in [3.8, 4) is 0 Å². The minimum atomic E-state index is -2.84. The maximum atomic E-state index is 14.2. The van der Waals surface area contributed by atoms with Gasteiger partial charge in [0.25, 0.3) is 6.43 Å². The molecule has 0 bridgehead atoms. The Hall–Kier alpha value is -3.06. The number of carbonyl (C=O) groups is 1. The molecule has 2 aromatic heterocycles. The molecular weight excluding hydrogens is 559 g/mol. The first-order valence-corrected chi connectivity index (χ1v) is 15.1. The molecule has 3 aliphatic heterocycles. The molecule has 12 heteroatoms. The van der Waals surface area contributed by atoms with Crippen LogP contribution >= 0.6 is 0 Å². The Balaban J connectivity index is 1.34. The molecule has 0 aliphatic carbocycles. The maximum Gasteiger partial charge on any atom is 0.297 e. The second-order valence-corrected chi connectivity index (χ2v) is 12.9. The van der Waals surface area contributed by atoms with Crippen molar-refractivity contribution < 1.29 is 22.7 Å². The van der Waals surface area contributed by atoms with Crippen molar-refractivity contribution in [2.24, 2.45) is 0 Å². The van der Waals surface area contributed by atoms with Gasteiger partial charge in [0, 0.05) is 68.2 Å². The lowest BCUT2D eigenvalue weighted by Gasteiger charge is -2.43. The summed E-state index contributed by atoms with van der Waals surface area (Å²) in [4.78, 5) is 20.6. The van der Waals surface area contributed by atoms with Gasteiger partial charge in [-0.1, -0.05) is 26.0 Å². The molecule has 3 aromatic rings. The molecule has 0 saturated carbocycles. The monoisotopic (exact) mass is 599 g/mol. The molecule has 1 aromatic carbocycles. The fourth-order valence-electron chi connectivity index (χ4n) is 6.83. The number of nitrogens with one attached hydrogen (secondary N) is 1. The molecule has 0 radical (unpaired) electrons. The second-order valence-electron chi connectivity index (χ2n) is 12.9. The van der Waals surface area contributed by atoms with Gasteiger partial charge in [-0.2, -0.15) is 0 Å². The second kappa shape index (κ2) is 11.8. The summed E-state index contributed by atoms with van der Waals surface area (Å²) in [5.41, 5.74) is 2.36. The van der Waals surface area contributed by atoms with Crippen LogP contribution in [0.4, 0.5) is 18.9 Å². The summed E-state index contributed by atoms with van der Waals surface area (Å²) >= 11 is 0. The Morgan fingerprint density at radius 2 is 1.93 bits per heavy atom. The Morgan fingerprint density at radius 1 is 1.16 bits per heavy atom. The van der Waals surface area contributed by atoms with Crippen molar-refractivity contribution in [2.45, 2.75) is 64.1 Å². The summed E-state index contributed by atoms with van der Waals surface area (Å²) in [7, 11) is 0. The van der Waals surface area contributed by atoms with E-state index < -0.39 is 17.7 Å². The highest BCUT2D eigenvalue weighted by Crippen LogP contribution is 2.43. The van der Waals surface area contributed by atoms with Crippen molar-refractivity contribution in [3.05, 3.63) is 58.8 Å². The molecule has 1 N–H and O–H groups in total. The van der Waals surface area contributed by atoms with E-state index in [9.17, 15) is 18.0 Å². The number of pyridine rings is 1. The summed E-state index contributed by atoms with van der Waals surface area (Å²) in [6, 6.07) is 8.65. The summed E-state index contributed by atoms with van der Waals surface area (Å²) in [6.07, 6.45) is -2.51. The van der Waals surface area contributed by atoms with Gasteiger partial charge in [0.15, 0.2) is 5.65 Å². The Labute approximate surface area is 250 Å². The minimum absolute atomic E-state index is 0.0697. The number of hydrogen-bond donors (Lipinski definition) is 1. The van der Waals surface area contributed by atoms with Crippen LogP contribution in [0.25, 0.3) is 5.65 Å². The molecule has 0 spiro atoms. The van der Waals surface area contributed by atoms with Gasteiger partial charge in [0.05, 0.1) is 31.1 Å². The first kappa shape index (κ1) is 30.0. The SMILES string of the molecule is C[C@@H]1CN(CC(=O)N2CC(C)(C)c3c2cc(Cc2ccc(F)cc2)c2nnc(C(F)F)n32)[C@@H](CN2CCOC[C@H]2C)CN1. The molecular formula is C31H40F3N7O2. The van der Waals surface area contributed by atoms with E-state index in [2.05, 4.69) is 39.2 Å². The van der Waals surface area contributed by atoms with E-state index in [-0.39, 0.29) is 30.4 Å². The molecule has 9 nitrogen and oxygen atoms in total. The molecule has 5 heterocycles. The highest BCUT2D eigenvalue weighted by atomic mass is 19.3. The van der Waals surface area contributed by atoms with Crippen LogP contribution in [0.3, 0.4) is 0 Å². The van der Waals surface area contributed by atoms with Crippen LogP contribution < -0.4 is 10.2 Å². The fraction of sp³-hybridized carbons (Fsp3) is 0.581. The molecule has 43 heavy (non-hydrogen) atoms. The highest BCUT2D eigenvalue weighted by Gasteiger charge is 2.43. The number of rotatable bonds is 7. The average Bonchev–Trinajstić information content (AvgIpc) is 3.51. The molecule has 0 unspecified atom stereocenters. The third kappa shape index (κ3) is 5.90. The number of carbonyl (C=O) groups excluding carboxylic acids is 1. The normalized spacial score (nSPS) is 24.7. The summed E-state index contributed by atoms with van der Waals surface area (Å²) in [5.74, 6) is -0.864. The number of ether oxygens (including phenoxy) is 1. The average molecular weight is 600 g/mol. The zero-order chi connectivity index (χ0) is 30.5. The highest BCUT2D eigenvalue weighted by molar-refractivity contribution is 5.98. The third-order valence-electron chi connectivity index (χ3n) is 9.06. The first-order valence-electron chi connectivity index (χ1n) is 15.1. The van der Waals surface area contributed by atoms with Crippen LogP contribution in [0, 0.1) is 5.82 Å². The number of benzene rings is 1. The van der Waals surface area contributed by atoms with Crippen LogP contribution in [0.15, 0.2) is 30.3 Å². The van der Waals surface area contributed by atoms with Crippen LogP contribution in [0.2, 0.25) is 0 Å². The number of amides is 1. The van der Waals surface area contributed by atoms with Gasteiger partial charge in [0.2, 0.25) is 11.7 Å². The zero-order valence-corrected chi connectivity index (χ0v) is 25.2. The van der Waals surface area contributed by atoms with E-state index in [1.807, 2.05) is 19.9 Å². The predicted molar refractivity (Wildman–Crippen MR) is 157 cm³/mol. The number of aromatic nitrogens is 3. The van der Waals surface area contributed by atoms with Crippen molar-refractivity contribution >= 4 is 17.2 Å². The van der Waals surface area contributed by atoms with Gasteiger partial charge in [-0.15, -0.1) is 10.2 Å². The van der Waals surface area contributed by atoms with E-state index in [4.69, 9.17) is 4.74 Å². The van der Waals surface area contributed by atoms with Gasteiger partial charge in [-0.05, 0) is 37.6 Å². The number of halogens is 3. The number of hydrogen-bond acceptors (Lipinski definition) is 7. The van der Waals surface area contributed by atoms with Crippen molar-refractivity contribution in [1.82, 2.24) is 29.7 Å². The topological polar surface area (TPSA) is 78.2 Å². The summed E-state index contributed by atoms with van der Waals surface area (Å²) in [5, 5.41) is 11.6. The van der Waals surface area contributed by atoms with E-state index >= 15 is 0 Å². The lowest BCUT2D eigenvalue weighted by molar-refractivity contribution is -0.121. The Bertz CT molecular complexity index is 1480. The number of anilines is 1. The number of piperazine rings is 1. The van der Waals surface area contributed by atoms with Crippen LogP contribution in [0.5, 0.6) is 0 Å². The zero-order valence-electron chi connectivity index (χ0n) is 25.2. The number of morpholine rings is 1. The molecule has 1 amide bonds. The first-order chi connectivity index (χ1) is 20.5. The van der Waals surface area contributed by atoms with Crippen molar-refractivity contribution in [2.75, 3.05) is 57.4 Å². The lowest BCUT2D eigenvalue weighted by atomic mass is 9.90. The molecule has 3 atom stereocenters. The maximum absolute atomic E-state index is 14.2. The van der Waals surface area contributed by atoms with Gasteiger partial charge in [-0.25, -0.2) is 13.2 Å². The molecule has 6 rings (SSSR count). The number of alkyl halides is 2. The predicted octanol–water partition coefficient (Wildman–Crippen LogP) is 3.40. The quantitative estimate of drug-likeness (QED) is 0.446. The smallest absolute Gasteiger partial charge is 0.297 e. The van der Waals surface area contributed by atoms with E-state index in [1.54, 1.807) is 17.0 Å².